The lowest BCUT2D eigenvalue weighted by atomic mass is 10.2. The molecule has 0 fully saturated rings. The Morgan fingerprint density at radius 2 is 1.90 bits per heavy atom. The monoisotopic (exact) mass is 489 g/mol. The number of hydrogen-bond acceptors (Lipinski definition) is 5. The number of anilines is 2. The third-order valence-corrected chi connectivity index (χ3v) is 6.96. The molecule has 30 heavy (non-hydrogen) atoms. The molecule has 1 aromatic heterocycles. The smallest absolute Gasteiger partial charge is 0.266 e. The second kappa shape index (κ2) is 9.27. The minimum absolute atomic E-state index is 0.00639. The molecule has 0 bridgehead atoms. The molecule has 1 heterocycles. The van der Waals surface area contributed by atoms with Crippen molar-refractivity contribution in [3.8, 4) is 5.75 Å². The molecule has 3 aromatic rings. The van der Waals surface area contributed by atoms with Crippen molar-refractivity contribution in [1.82, 2.24) is 4.98 Å². The Morgan fingerprint density at radius 1 is 1.17 bits per heavy atom. The highest BCUT2D eigenvalue weighted by Gasteiger charge is 2.27. The van der Waals surface area contributed by atoms with E-state index in [1.54, 1.807) is 36.4 Å². The largest absolute Gasteiger partial charge is 0.497 e. The maximum atomic E-state index is 13.2. The lowest BCUT2D eigenvalue weighted by Crippen LogP contribution is -2.38. The third-order valence-electron chi connectivity index (χ3n) is 4.31. The van der Waals surface area contributed by atoms with Gasteiger partial charge in [-0.05, 0) is 67.1 Å². The average molecular weight is 490 g/mol. The van der Waals surface area contributed by atoms with Gasteiger partial charge in [-0.25, -0.2) is 8.42 Å². The highest BCUT2D eigenvalue weighted by Crippen LogP contribution is 2.26. The summed E-state index contributed by atoms with van der Waals surface area (Å²) in [6.07, 6.45) is 2.74. The molecule has 7 nitrogen and oxygen atoms in total. The molecule has 9 heteroatoms. The van der Waals surface area contributed by atoms with Crippen molar-refractivity contribution >= 4 is 43.2 Å². The summed E-state index contributed by atoms with van der Waals surface area (Å²) in [4.78, 5) is 16.6. The van der Waals surface area contributed by atoms with Crippen molar-refractivity contribution in [3.63, 3.8) is 0 Å². The van der Waals surface area contributed by atoms with Gasteiger partial charge in [-0.3, -0.25) is 14.1 Å². The first-order valence-corrected chi connectivity index (χ1v) is 11.2. The van der Waals surface area contributed by atoms with Gasteiger partial charge < -0.3 is 10.1 Å². The molecule has 0 radical (unpaired) electrons. The van der Waals surface area contributed by atoms with Gasteiger partial charge in [0.2, 0.25) is 5.91 Å². The van der Waals surface area contributed by atoms with E-state index in [0.29, 0.717) is 17.1 Å². The fourth-order valence-corrected chi connectivity index (χ4v) is 4.38. The van der Waals surface area contributed by atoms with Crippen molar-refractivity contribution in [1.29, 1.82) is 0 Å². The van der Waals surface area contributed by atoms with Crippen molar-refractivity contribution in [2.75, 3.05) is 23.3 Å². The van der Waals surface area contributed by atoms with Crippen LogP contribution in [0.15, 0.2) is 76.4 Å². The maximum Gasteiger partial charge on any atom is 0.266 e. The zero-order valence-electron chi connectivity index (χ0n) is 16.4. The summed E-state index contributed by atoms with van der Waals surface area (Å²) in [6.45, 7) is 1.49. The molecule has 0 saturated carbocycles. The molecule has 0 unspecified atom stereocenters. The van der Waals surface area contributed by atoms with E-state index >= 15 is 0 Å². The van der Waals surface area contributed by atoms with Gasteiger partial charge in [-0.15, -0.1) is 0 Å². The molecular formula is C21H20BrN3O4S. The molecule has 0 aliphatic carbocycles. The average Bonchev–Trinajstić information content (AvgIpc) is 2.75. The molecule has 1 N–H and O–H groups in total. The van der Waals surface area contributed by atoms with Crippen molar-refractivity contribution < 1.29 is 17.9 Å². The predicted molar refractivity (Wildman–Crippen MR) is 119 cm³/mol. The van der Waals surface area contributed by atoms with E-state index < -0.39 is 22.5 Å². The summed E-state index contributed by atoms with van der Waals surface area (Å²) < 4.78 is 33.6. The number of methoxy groups -OCH3 is 1. The Morgan fingerprint density at radius 3 is 2.50 bits per heavy atom. The number of carbonyl (C=O) groups is 1. The summed E-state index contributed by atoms with van der Waals surface area (Å²) in [6, 6.07) is 14.8. The van der Waals surface area contributed by atoms with Gasteiger partial charge >= 0.3 is 0 Å². The fourth-order valence-electron chi connectivity index (χ4n) is 2.74. The van der Waals surface area contributed by atoms with E-state index in [9.17, 15) is 13.2 Å². The number of sulfonamides is 1. The van der Waals surface area contributed by atoms with Crippen LogP contribution in [0.1, 0.15) is 5.56 Å². The van der Waals surface area contributed by atoms with E-state index in [2.05, 4.69) is 26.2 Å². The number of amides is 1. The molecule has 3 rings (SSSR count). The highest BCUT2D eigenvalue weighted by molar-refractivity contribution is 9.10. The van der Waals surface area contributed by atoms with E-state index in [-0.39, 0.29) is 4.90 Å². The number of pyridine rings is 1. The van der Waals surface area contributed by atoms with Crippen LogP contribution in [0, 0.1) is 6.92 Å². The Bertz CT molecular complexity index is 1140. The van der Waals surface area contributed by atoms with Gasteiger partial charge in [0.15, 0.2) is 0 Å². The lowest BCUT2D eigenvalue weighted by molar-refractivity contribution is -0.114. The number of nitrogens with zero attached hydrogens (tertiary/aromatic N) is 2. The molecule has 0 aliphatic rings. The molecular weight excluding hydrogens is 470 g/mol. The van der Waals surface area contributed by atoms with Gasteiger partial charge in [0.05, 0.1) is 12.8 Å². The van der Waals surface area contributed by atoms with Crippen molar-refractivity contribution in [3.05, 3.63) is 77.0 Å². The van der Waals surface area contributed by atoms with Gasteiger partial charge in [-0.1, -0.05) is 15.9 Å². The van der Waals surface area contributed by atoms with E-state index in [1.807, 2.05) is 13.0 Å². The quantitative estimate of drug-likeness (QED) is 0.541. The first-order valence-electron chi connectivity index (χ1n) is 8.94. The second-order valence-corrected chi connectivity index (χ2v) is 9.13. The molecule has 0 spiro atoms. The van der Waals surface area contributed by atoms with Crippen LogP contribution in [-0.4, -0.2) is 33.0 Å². The van der Waals surface area contributed by atoms with Gasteiger partial charge in [0.1, 0.15) is 17.2 Å². The number of aromatic nitrogens is 1. The zero-order valence-corrected chi connectivity index (χ0v) is 18.8. The minimum Gasteiger partial charge on any atom is -0.497 e. The summed E-state index contributed by atoms with van der Waals surface area (Å²) in [5.41, 5.74) is 1.86. The highest BCUT2D eigenvalue weighted by atomic mass is 79.9. The normalized spacial score (nSPS) is 11.0. The van der Waals surface area contributed by atoms with Crippen molar-refractivity contribution in [2.24, 2.45) is 0 Å². The fraction of sp³-hybridized carbons (Fsp3) is 0.143. The van der Waals surface area contributed by atoms with Crippen LogP contribution in [0.2, 0.25) is 0 Å². The van der Waals surface area contributed by atoms with E-state index in [1.165, 1.54) is 31.6 Å². The Kier molecular flexibility index (Phi) is 6.73. The number of carbonyl (C=O) groups excluding carboxylic acids is 1. The molecule has 156 valence electrons. The summed E-state index contributed by atoms with van der Waals surface area (Å²) in [7, 11) is -2.49. The van der Waals surface area contributed by atoms with E-state index in [4.69, 9.17) is 4.74 Å². The first kappa shape index (κ1) is 21.8. The topological polar surface area (TPSA) is 88.6 Å². The SMILES string of the molecule is COc1ccc(N(CC(=O)Nc2ccc(Br)c(C)c2)S(=O)(=O)c2cccnc2)cc1. The van der Waals surface area contributed by atoms with Crippen LogP contribution >= 0.6 is 15.9 Å². The Labute approximate surface area is 183 Å². The third kappa shape index (κ3) is 4.98. The van der Waals surface area contributed by atoms with Crippen LogP contribution in [0.5, 0.6) is 5.75 Å². The number of hydrogen-bond donors (Lipinski definition) is 1. The van der Waals surface area contributed by atoms with Gasteiger partial charge in [0.25, 0.3) is 10.0 Å². The number of ether oxygens (including phenoxy) is 1. The van der Waals surface area contributed by atoms with Crippen LogP contribution in [0.3, 0.4) is 0 Å². The predicted octanol–water partition coefficient (Wildman–Crippen LogP) is 4.00. The number of aryl methyl sites for hydroxylation is 1. The molecule has 2 aromatic carbocycles. The summed E-state index contributed by atoms with van der Waals surface area (Å²) in [5.74, 6) is 0.104. The second-order valence-electron chi connectivity index (χ2n) is 6.41. The number of halogens is 1. The first-order chi connectivity index (χ1) is 14.3. The molecule has 0 saturated heterocycles. The number of rotatable bonds is 7. The Hall–Kier alpha value is -2.91. The van der Waals surface area contributed by atoms with Gasteiger partial charge in [0, 0.05) is 22.6 Å². The number of benzene rings is 2. The van der Waals surface area contributed by atoms with Crippen LogP contribution in [0.4, 0.5) is 11.4 Å². The minimum atomic E-state index is -4.01. The van der Waals surface area contributed by atoms with Crippen LogP contribution in [-0.2, 0) is 14.8 Å². The Balaban J connectivity index is 1.92. The zero-order chi connectivity index (χ0) is 21.7. The standard InChI is InChI=1S/C21H20BrN3O4S/c1-15-12-16(5-10-20(15)22)24-21(26)14-25(17-6-8-18(29-2)9-7-17)30(27,28)19-4-3-11-23-13-19/h3-13H,14H2,1-2H3,(H,24,26). The lowest BCUT2D eigenvalue weighted by Gasteiger charge is -2.24. The molecule has 0 aliphatic heterocycles. The van der Waals surface area contributed by atoms with Gasteiger partial charge in [-0.2, -0.15) is 0 Å². The number of nitrogens with one attached hydrogen (secondary N) is 1. The van der Waals surface area contributed by atoms with E-state index in [0.717, 1.165) is 14.3 Å². The van der Waals surface area contributed by atoms with Crippen LogP contribution < -0.4 is 14.4 Å². The summed E-state index contributed by atoms with van der Waals surface area (Å²) in [5, 5.41) is 2.75. The van der Waals surface area contributed by atoms with Crippen molar-refractivity contribution in [2.45, 2.75) is 11.8 Å². The maximum absolute atomic E-state index is 13.2. The summed E-state index contributed by atoms with van der Waals surface area (Å²) >= 11 is 3.41. The van der Waals surface area contributed by atoms with Crippen LogP contribution in [0.25, 0.3) is 0 Å². The molecule has 1 amide bonds. The molecule has 0 atom stereocenters.